The van der Waals surface area contributed by atoms with Crippen LogP contribution in [0.2, 0.25) is 0 Å². The van der Waals surface area contributed by atoms with Crippen molar-refractivity contribution in [1.82, 2.24) is 10.2 Å². The first kappa shape index (κ1) is 17.1. The summed E-state index contributed by atoms with van der Waals surface area (Å²) in [6.07, 6.45) is 3.92. The van der Waals surface area contributed by atoms with Crippen LogP contribution in [0.3, 0.4) is 0 Å². The second-order valence-electron chi connectivity index (χ2n) is 6.19. The number of aryl methyl sites for hydroxylation is 1. The first-order valence-corrected chi connectivity index (χ1v) is 9.54. The van der Waals surface area contributed by atoms with Crippen LogP contribution in [-0.4, -0.2) is 41.9 Å². The fraction of sp³-hybridized carbons (Fsp3) is 0.421. The molecule has 3 rings (SSSR count). The molecule has 0 spiro atoms. The van der Waals surface area contributed by atoms with E-state index in [1.165, 1.54) is 5.56 Å². The molecule has 1 aliphatic rings. The zero-order valence-corrected chi connectivity index (χ0v) is 14.8. The van der Waals surface area contributed by atoms with Gasteiger partial charge in [-0.05, 0) is 18.6 Å². The minimum Gasteiger partial charge on any atom is -0.472 e. The Labute approximate surface area is 147 Å². The number of furan rings is 1. The molecule has 2 heterocycles. The number of hydrogen-bond donors (Lipinski definition) is 1. The highest BCUT2D eigenvalue weighted by Gasteiger charge is 2.23. The Hall–Kier alpha value is -1.72. The van der Waals surface area contributed by atoms with Crippen LogP contribution in [0.15, 0.2) is 47.3 Å². The van der Waals surface area contributed by atoms with Crippen LogP contribution in [0.4, 0.5) is 0 Å². The Balaban J connectivity index is 1.59. The molecule has 4 nitrogen and oxygen atoms in total. The van der Waals surface area contributed by atoms with Gasteiger partial charge < -0.3 is 9.73 Å². The van der Waals surface area contributed by atoms with E-state index in [0.29, 0.717) is 13.0 Å². The van der Waals surface area contributed by atoms with Gasteiger partial charge in [-0.2, -0.15) is 11.8 Å². The van der Waals surface area contributed by atoms with E-state index in [1.807, 2.05) is 43.0 Å². The molecule has 1 aromatic carbocycles. The molecule has 1 aliphatic heterocycles. The highest BCUT2D eigenvalue weighted by Crippen LogP contribution is 2.24. The molecule has 5 heteroatoms. The largest absolute Gasteiger partial charge is 0.472 e. The number of nitrogens with zero attached hydrogens (tertiary/aromatic N) is 1. The van der Waals surface area contributed by atoms with Gasteiger partial charge in [0.15, 0.2) is 0 Å². The highest BCUT2D eigenvalue weighted by molar-refractivity contribution is 7.99. The van der Waals surface area contributed by atoms with E-state index >= 15 is 0 Å². The number of rotatable bonds is 6. The highest BCUT2D eigenvalue weighted by atomic mass is 32.2. The van der Waals surface area contributed by atoms with Crippen molar-refractivity contribution in [3.63, 3.8) is 0 Å². The van der Waals surface area contributed by atoms with Crippen molar-refractivity contribution in [2.75, 3.05) is 31.1 Å². The third-order valence-electron chi connectivity index (χ3n) is 4.35. The van der Waals surface area contributed by atoms with Crippen LogP contribution in [0.5, 0.6) is 0 Å². The second kappa shape index (κ2) is 8.40. The third-order valence-corrected chi connectivity index (χ3v) is 5.30. The lowest BCUT2D eigenvalue weighted by Gasteiger charge is -2.34. The number of carbonyl (C=O) groups excluding carboxylic acids is 1. The summed E-state index contributed by atoms with van der Waals surface area (Å²) in [6.45, 7) is 4.77. The van der Waals surface area contributed by atoms with Crippen molar-refractivity contribution in [2.24, 2.45) is 0 Å². The van der Waals surface area contributed by atoms with Crippen LogP contribution in [0.25, 0.3) is 0 Å². The molecule has 1 fully saturated rings. The van der Waals surface area contributed by atoms with Gasteiger partial charge in [-0.25, -0.2) is 0 Å². The standard InChI is InChI=1S/C19H24N2O2S/c1-15-3-2-4-16(11-15)12-19(22)20-13-18(17-5-8-23-14-17)21-6-9-24-10-7-21/h2-5,8,11,14,18H,6-7,9-10,12-13H2,1H3,(H,20,22)/t18-/m1/s1. The number of benzene rings is 1. The van der Waals surface area contributed by atoms with Crippen molar-refractivity contribution in [1.29, 1.82) is 0 Å². The summed E-state index contributed by atoms with van der Waals surface area (Å²) in [5, 5.41) is 3.11. The van der Waals surface area contributed by atoms with E-state index in [2.05, 4.69) is 16.3 Å². The zero-order chi connectivity index (χ0) is 16.8. The predicted molar refractivity (Wildman–Crippen MR) is 98.2 cm³/mol. The number of hydrogen-bond acceptors (Lipinski definition) is 4. The number of carbonyl (C=O) groups is 1. The van der Waals surface area contributed by atoms with E-state index in [1.54, 1.807) is 12.5 Å². The number of nitrogens with one attached hydrogen (secondary N) is 1. The molecule has 1 aromatic heterocycles. The van der Waals surface area contributed by atoms with E-state index in [4.69, 9.17) is 4.42 Å². The molecule has 1 N–H and O–H groups in total. The normalized spacial score (nSPS) is 16.7. The molecular weight excluding hydrogens is 320 g/mol. The molecule has 0 bridgehead atoms. The van der Waals surface area contributed by atoms with Gasteiger partial charge in [0.05, 0.1) is 25.0 Å². The fourth-order valence-electron chi connectivity index (χ4n) is 3.09. The molecule has 1 amide bonds. The summed E-state index contributed by atoms with van der Waals surface area (Å²) in [5.41, 5.74) is 3.38. The maximum Gasteiger partial charge on any atom is 0.224 e. The minimum atomic E-state index is 0.0699. The van der Waals surface area contributed by atoms with Crippen LogP contribution >= 0.6 is 11.8 Å². The van der Waals surface area contributed by atoms with Crippen molar-refractivity contribution in [3.05, 3.63) is 59.5 Å². The Morgan fingerprint density at radius 3 is 2.88 bits per heavy atom. The molecule has 2 aromatic rings. The maximum atomic E-state index is 12.3. The van der Waals surface area contributed by atoms with Crippen molar-refractivity contribution in [2.45, 2.75) is 19.4 Å². The van der Waals surface area contributed by atoms with Crippen LogP contribution < -0.4 is 5.32 Å². The Morgan fingerprint density at radius 2 is 2.17 bits per heavy atom. The van der Waals surface area contributed by atoms with Gasteiger partial charge in [0.2, 0.25) is 5.91 Å². The Morgan fingerprint density at radius 1 is 1.33 bits per heavy atom. The Bertz CT molecular complexity index is 651. The van der Waals surface area contributed by atoms with Gasteiger partial charge in [0.1, 0.15) is 0 Å². The minimum absolute atomic E-state index is 0.0699. The molecule has 0 unspecified atom stereocenters. The first-order valence-electron chi connectivity index (χ1n) is 8.38. The summed E-state index contributed by atoms with van der Waals surface area (Å²) in [4.78, 5) is 14.8. The third kappa shape index (κ3) is 4.65. The second-order valence-corrected chi connectivity index (χ2v) is 7.42. The lowest BCUT2D eigenvalue weighted by Crippen LogP contribution is -2.42. The summed E-state index contributed by atoms with van der Waals surface area (Å²) >= 11 is 1.99. The van der Waals surface area contributed by atoms with Crippen molar-refractivity contribution < 1.29 is 9.21 Å². The average molecular weight is 344 g/mol. The molecular formula is C19H24N2O2S. The molecule has 0 radical (unpaired) electrons. The van der Waals surface area contributed by atoms with Gasteiger partial charge in [0.25, 0.3) is 0 Å². The first-order chi connectivity index (χ1) is 11.7. The van der Waals surface area contributed by atoms with Gasteiger partial charge in [-0.1, -0.05) is 29.8 Å². The van der Waals surface area contributed by atoms with E-state index in [9.17, 15) is 4.79 Å². The lowest BCUT2D eigenvalue weighted by atomic mass is 10.1. The molecule has 1 atom stereocenters. The summed E-state index contributed by atoms with van der Waals surface area (Å²) < 4.78 is 5.26. The monoisotopic (exact) mass is 344 g/mol. The van der Waals surface area contributed by atoms with Gasteiger partial charge in [-0.15, -0.1) is 0 Å². The van der Waals surface area contributed by atoms with E-state index < -0.39 is 0 Å². The van der Waals surface area contributed by atoms with E-state index in [-0.39, 0.29) is 11.9 Å². The maximum absolute atomic E-state index is 12.3. The van der Waals surface area contributed by atoms with Crippen LogP contribution in [-0.2, 0) is 11.2 Å². The number of amides is 1. The molecule has 0 aliphatic carbocycles. The molecule has 1 saturated heterocycles. The number of thioether (sulfide) groups is 1. The molecule has 0 saturated carbocycles. The van der Waals surface area contributed by atoms with Crippen LogP contribution in [0, 0.1) is 6.92 Å². The smallest absolute Gasteiger partial charge is 0.224 e. The topological polar surface area (TPSA) is 45.5 Å². The summed E-state index contributed by atoms with van der Waals surface area (Å²) in [7, 11) is 0. The van der Waals surface area contributed by atoms with Crippen LogP contribution in [0.1, 0.15) is 22.7 Å². The van der Waals surface area contributed by atoms with E-state index in [0.717, 1.165) is 35.7 Å². The zero-order valence-electron chi connectivity index (χ0n) is 14.0. The van der Waals surface area contributed by atoms with Gasteiger partial charge >= 0.3 is 0 Å². The predicted octanol–water partition coefficient (Wildman–Crippen LogP) is 3.04. The molecule has 24 heavy (non-hydrogen) atoms. The lowest BCUT2D eigenvalue weighted by molar-refractivity contribution is -0.120. The Kier molecular flexibility index (Phi) is 5.99. The van der Waals surface area contributed by atoms with Crippen molar-refractivity contribution in [3.8, 4) is 0 Å². The van der Waals surface area contributed by atoms with Crippen molar-refractivity contribution >= 4 is 17.7 Å². The summed E-state index contributed by atoms with van der Waals surface area (Å²) in [5.74, 6) is 2.36. The van der Waals surface area contributed by atoms with Gasteiger partial charge in [0, 0.05) is 36.7 Å². The summed E-state index contributed by atoms with van der Waals surface area (Å²) in [6, 6.07) is 10.3. The SMILES string of the molecule is Cc1cccc(CC(=O)NC[C@H](c2ccoc2)N2CCSCC2)c1. The quantitative estimate of drug-likeness (QED) is 0.875. The van der Waals surface area contributed by atoms with Gasteiger partial charge in [-0.3, -0.25) is 9.69 Å². The average Bonchev–Trinajstić information content (AvgIpc) is 3.10. The fourth-order valence-corrected chi connectivity index (χ4v) is 4.02. The molecule has 128 valence electrons.